The third kappa shape index (κ3) is 4.25. The number of nitrogens with one attached hydrogen (secondary N) is 1. The lowest BCUT2D eigenvalue weighted by Crippen LogP contribution is -2.31. The number of nitro groups is 1. The molecule has 0 saturated carbocycles. The van der Waals surface area contributed by atoms with Crippen LogP contribution in [0.5, 0.6) is 0 Å². The van der Waals surface area contributed by atoms with Crippen LogP contribution in [-0.2, 0) is 4.79 Å². The zero-order valence-corrected chi connectivity index (χ0v) is 15.4. The summed E-state index contributed by atoms with van der Waals surface area (Å²) in [7, 11) is 0. The Bertz CT molecular complexity index is 898. The van der Waals surface area contributed by atoms with Crippen LogP contribution in [0.3, 0.4) is 0 Å². The van der Waals surface area contributed by atoms with E-state index in [9.17, 15) is 19.7 Å². The minimum Gasteiger partial charge on any atom is -0.352 e. The largest absolute Gasteiger partial charge is 0.352 e. The number of nitrogens with zero attached hydrogens (tertiary/aromatic N) is 2. The lowest BCUT2D eigenvalue weighted by Gasteiger charge is -2.17. The number of aryl methyl sites for hydroxylation is 1. The number of hydrogen-bond donors (Lipinski definition) is 1. The van der Waals surface area contributed by atoms with Gasteiger partial charge in [-0.25, -0.2) is 0 Å². The molecule has 1 heterocycles. The number of amides is 2. The van der Waals surface area contributed by atoms with Gasteiger partial charge >= 0.3 is 0 Å². The van der Waals surface area contributed by atoms with Gasteiger partial charge in [0.05, 0.1) is 4.92 Å². The van der Waals surface area contributed by atoms with E-state index in [0.717, 1.165) is 5.69 Å². The summed E-state index contributed by atoms with van der Waals surface area (Å²) in [5.41, 5.74) is 1.41. The van der Waals surface area contributed by atoms with Crippen molar-refractivity contribution in [1.29, 1.82) is 0 Å². The van der Waals surface area contributed by atoms with Crippen molar-refractivity contribution < 1.29 is 14.5 Å². The van der Waals surface area contributed by atoms with Gasteiger partial charge < -0.3 is 10.2 Å². The second kappa shape index (κ2) is 7.75. The first-order chi connectivity index (χ1) is 12.8. The van der Waals surface area contributed by atoms with Crippen LogP contribution in [0, 0.1) is 23.0 Å². The highest BCUT2D eigenvalue weighted by Crippen LogP contribution is 2.26. The summed E-state index contributed by atoms with van der Waals surface area (Å²) in [6.45, 7) is 2.43. The van der Waals surface area contributed by atoms with Crippen LogP contribution in [-0.4, -0.2) is 29.8 Å². The Morgan fingerprint density at radius 1 is 1.30 bits per heavy atom. The molecule has 0 bridgehead atoms. The Kier molecular flexibility index (Phi) is 5.41. The van der Waals surface area contributed by atoms with Crippen molar-refractivity contribution in [3.8, 4) is 0 Å². The zero-order chi connectivity index (χ0) is 19.6. The van der Waals surface area contributed by atoms with Crippen LogP contribution >= 0.6 is 11.6 Å². The summed E-state index contributed by atoms with van der Waals surface area (Å²) in [4.78, 5) is 36.7. The molecule has 0 aromatic heterocycles. The standard InChI is InChI=1S/C19H18ClN3O4/c1-12-2-3-14(9-17(12)23(26)27)19(25)21-10-13-8-18(24)22(11-13)16-6-4-15(20)5-7-16/h2-7,9,13H,8,10-11H2,1H3,(H,21,25). The zero-order valence-electron chi connectivity index (χ0n) is 14.6. The number of halogens is 1. The van der Waals surface area contributed by atoms with Crippen molar-refractivity contribution in [3.05, 3.63) is 68.7 Å². The van der Waals surface area contributed by atoms with Crippen LogP contribution in [0.25, 0.3) is 0 Å². The van der Waals surface area contributed by atoms with Crippen molar-refractivity contribution in [1.82, 2.24) is 5.32 Å². The van der Waals surface area contributed by atoms with Gasteiger partial charge in [-0.3, -0.25) is 19.7 Å². The summed E-state index contributed by atoms with van der Waals surface area (Å²) < 4.78 is 0. The molecule has 2 amide bonds. The van der Waals surface area contributed by atoms with Gasteiger partial charge in [0.1, 0.15) is 0 Å². The SMILES string of the molecule is Cc1ccc(C(=O)NCC2CC(=O)N(c3ccc(Cl)cc3)C2)cc1[N+](=O)[O-]. The van der Waals surface area contributed by atoms with Gasteiger partial charge in [0, 0.05) is 53.3 Å². The van der Waals surface area contributed by atoms with Crippen LogP contribution in [0.4, 0.5) is 11.4 Å². The summed E-state index contributed by atoms with van der Waals surface area (Å²) in [6.07, 6.45) is 0.330. The molecule has 1 saturated heterocycles. The maximum absolute atomic E-state index is 12.3. The number of anilines is 1. The molecular weight excluding hydrogens is 370 g/mol. The van der Waals surface area contributed by atoms with Crippen molar-refractivity contribution in [3.63, 3.8) is 0 Å². The van der Waals surface area contributed by atoms with E-state index >= 15 is 0 Å². The monoisotopic (exact) mass is 387 g/mol. The Balaban J connectivity index is 1.61. The smallest absolute Gasteiger partial charge is 0.273 e. The first kappa shape index (κ1) is 18.8. The number of carbonyl (C=O) groups is 2. The molecule has 140 valence electrons. The van der Waals surface area contributed by atoms with Gasteiger partial charge in [0.2, 0.25) is 5.91 Å². The lowest BCUT2D eigenvalue weighted by atomic mass is 10.1. The molecule has 2 aromatic carbocycles. The summed E-state index contributed by atoms with van der Waals surface area (Å²) in [5.74, 6) is -0.435. The quantitative estimate of drug-likeness (QED) is 0.629. The fourth-order valence-electron chi connectivity index (χ4n) is 3.08. The van der Waals surface area contributed by atoms with Crippen LogP contribution in [0.15, 0.2) is 42.5 Å². The van der Waals surface area contributed by atoms with Crippen molar-refractivity contribution >= 4 is 34.8 Å². The number of nitro benzene ring substituents is 1. The molecule has 2 aromatic rings. The van der Waals surface area contributed by atoms with Crippen molar-refractivity contribution in [2.24, 2.45) is 5.92 Å². The van der Waals surface area contributed by atoms with Gasteiger partial charge in [-0.1, -0.05) is 17.7 Å². The van der Waals surface area contributed by atoms with Gasteiger partial charge in [0.15, 0.2) is 0 Å². The summed E-state index contributed by atoms with van der Waals surface area (Å²) in [5, 5.41) is 14.4. The highest BCUT2D eigenvalue weighted by Gasteiger charge is 2.30. The minimum absolute atomic E-state index is 0.0115. The van der Waals surface area contributed by atoms with Gasteiger partial charge in [-0.15, -0.1) is 0 Å². The fourth-order valence-corrected chi connectivity index (χ4v) is 3.20. The van der Waals surface area contributed by atoms with E-state index in [1.807, 2.05) is 0 Å². The molecule has 0 spiro atoms. The molecule has 0 radical (unpaired) electrons. The first-order valence-electron chi connectivity index (χ1n) is 8.44. The second-order valence-electron chi connectivity index (χ2n) is 6.52. The number of benzene rings is 2. The van der Waals surface area contributed by atoms with E-state index < -0.39 is 10.8 Å². The van der Waals surface area contributed by atoms with E-state index in [2.05, 4.69) is 5.32 Å². The Hall–Kier alpha value is -2.93. The fraction of sp³-hybridized carbons (Fsp3) is 0.263. The predicted molar refractivity (Wildman–Crippen MR) is 102 cm³/mol. The Morgan fingerprint density at radius 3 is 2.67 bits per heavy atom. The second-order valence-corrected chi connectivity index (χ2v) is 6.96. The molecule has 1 N–H and O–H groups in total. The van der Waals surface area contributed by atoms with E-state index in [1.165, 1.54) is 6.07 Å². The summed E-state index contributed by atoms with van der Waals surface area (Å²) in [6, 6.07) is 11.4. The lowest BCUT2D eigenvalue weighted by molar-refractivity contribution is -0.385. The third-order valence-electron chi connectivity index (χ3n) is 4.56. The molecule has 1 unspecified atom stereocenters. The van der Waals surface area contributed by atoms with E-state index in [1.54, 1.807) is 48.2 Å². The predicted octanol–water partition coefficient (Wildman–Crippen LogP) is 3.34. The average Bonchev–Trinajstić information content (AvgIpc) is 3.01. The summed E-state index contributed by atoms with van der Waals surface area (Å²) >= 11 is 5.87. The normalized spacial score (nSPS) is 16.4. The van der Waals surface area contributed by atoms with Gasteiger partial charge in [-0.2, -0.15) is 0 Å². The van der Waals surface area contributed by atoms with Gasteiger partial charge in [-0.05, 0) is 37.3 Å². The highest BCUT2D eigenvalue weighted by molar-refractivity contribution is 6.30. The molecule has 7 nitrogen and oxygen atoms in total. The highest BCUT2D eigenvalue weighted by atomic mass is 35.5. The Morgan fingerprint density at radius 2 is 2.00 bits per heavy atom. The van der Waals surface area contributed by atoms with Gasteiger partial charge in [0.25, 0.3) is 11.6 Å². The van der Waals surface area contributed by atoms with E-state index in [0.29, 0.717) is 30.1 Å². The molecule has 1 aliphatic heterocycles. The number of rotatable bonds is 5. The van der Waals surface area contributed by atoms with E-state index in [4.69, 9.17) is 11.6 Å². The molecule has 27 heavy (non-hydrogen) atoms. The van der Waals surface area contributed by atoms with Crippen molar-refractivity contribution in [2.75, 3.05) is 18.0 Å². The maximum Gasteiger partial charge on any atom is 0.273 e. The third-order valence-corrected chi connectivity index (χ3v) is 4.81. The maximum atomic E-state index is 12.3. The van der Waals surface area contributed by atoms with Crippen LogP contribution in [0.1, 0.15) is 22.3 Å². The molecule has 0 aliphatic carbocycles. The topological polar surface area (TPSA) is 92.6 Å². The van der Waals surface area contributed by atoms with Crippen LogP contribution in [0.2, 0.25) is 5.02 Å². The van der Waals surface area contributed by atoms with E-state index in [-0.39, 0.29) is 23.1 Å². The molecule has 1 atom stereocenters. The minimum atomic E-state index is -0.508. The molecule has 1 aliphatic rings. The van der Waals surface area contributed by atoms with Crippen LogP contribution < -0.4 is 10.2 Å². The average molecular weight is 388 g/mol. The molecule has 8 heteroatoms. The number of carbonyl (C=O) groups excluding carboxylic acids is 2. The Labute approximate surface area is 161 Å². The molecule has 3 rings (SSSR count). The first-order valence-corrected chi connectivity index (χ1v) is 8.82. The van der Waals surface area contributed by atoms with Crippen molar-refractivity contribution in [2.45, 2.75) is 13.3 Å². The molecular formula is C19H18ClN3O4. The number of hydrogen-bond acceptors (Lipinski definition) is 4. The molecule has 1 fully saturated rings.